The average Bonchev–Trinajstić information content (AvgIpc) is 2.01. The normalized spacial score (nSPS) is 10.0. The summed E-state index contributed by atoms with van der Waals surface area (Å²) in [6, 6.07) is 2.01. The van der Waals surface area contributed by atoms with Gasteiger partial charge in [-0.25, -0.2) is 0 Å². The quantitative estimate of drug-likeness (QED) is 0.673. The zero-order valence-electron chi connectivity index (χ0n) is 7.44. The maximum atomic E-state index is 10.7. The van der Waals surface area contributed by atoms with Crippen LogP contribution in [0.5, 0.6) is 0 Å². The van der Waals surface area contributed by atoms with Crippen molar-refractivity contribution in [2.75, 3.05) is 0 Å². The smallest absolute Gasteiger partial charge is 0.150 e. The first kappa shape index (κ1) is 9.46. The van der Waals surface area contributed by atoms with E-state index in [1.807, 2.05) is 26.8 Å². The van der Waals surface area contributed by atoms with Gasteiger partial charge in [-0.3, -0.25) is 4.79 Å². The second-order valence-electron chi connectivity index (χ2n) is 2.98. The molecular weight excluding hydrogens is 216 g/mol. The van der Waals surface area contributed by atoms with Crippen molar-refractivity contribution in [1.29, 1.82) is 0 Å². The molecule has 0 saturated heterocycles. The van der Waals surface area contributed by atoms with E-state index in [0.717, 1.165) is 27.4 Å². The van der Waals surface area contributed by atoms with Gasteiger partial charge in [-0.05, 0) is 37.5 Å². The molecule has 12 heavy (non-hydrogen) atoms. The number of hydrogen-bond acceptors (Lipinski definition) is 1. The van der Waals surface area contributed by atoms with E-state index >= 15 is 0 Å². The molecule has 0 saturated carbocycles. The second kappa shape index (κ2) is 3.40. The molecule has 0 fully saturated rings. The predicted octanol–water partition coefficient (Wildman–Crippen LogP) is 3.19. The van der Waals surface area contributed by atoms with E-state index in [2.05, 4.69) is 15.9 Å². The van der Waals surface area contributed by atoms with Crippen LogP contribution in [0.1, 0.15) is 27.0 Å². The summed E-state index contributed by atoms with van der Waals surface area (Å²) in [7, 11) is 0. The molecule has 0 atom stereocenters. The van der Waals surface area contributed by atoms with Crippen LogP contribution in [-0.4, -0.2) is 6.29 Å². The van der Waals surface area contributed by atoms with Gasteiger partial charge in [0.05, 0.1) is 0 Å². The maximum Gasteiger partial charge on any atom is 0.150 e. The third kappa shape index (κ3) is 1.44. The molecular formula is C10H11BrO. The molecule has 2 heteroatoms. The molecule has 0 radical (unpaired) electrons. The summed E-state index contributed by atoms with van der Waals surface area (Å²) in [6.07, 6.45) is 0.912. The van der Waals surface area contributed by atoms with Gasteiger partial charge in [0.1, 0.15) is 0 Å². The molecule has 0 unspecified atom stereocenters. The summed E-state index contributed by atoms with van der Waals surface area (Å²) in [5.74, 6) is 0. The fourth-order valence-electron chi connectivity index (χ4n) is 1.36. The van der Waals surface area contributed by atoms with Crippen molar-refractivity contribution in [2.45, 2.75) is 20.8 Å². The topological polar surface area (TPSA) is 17.1 Å². The second-order valence-corrected chi connectivity index (χ2v) is 3.77. The Bertz CT molecular complexity index is 329. The molecule has 64 valence electrons. The van der Waals surface area contributed by atoms with Crippen molar-refractivity contribution in [2.24, 2.45) is 0 Å². The van der Waals surface area contributed by atoms with E-state index < -0.39 is 0 Å². The van der Waals surface area contributed by atoms with Gasteiger partial charge in [0, 0.05) is 10.0 Å². The maximum absolute atomic E-state index is 10.7. The van der Waals surface area contributed by atoms with Gasteiger partial charge < -0.3 is 0 Å². The van der Waals surface area contributed by atoms with Crippen LogP contribution in [0.3, 0.4) is 0 Å². The molecule has 0 aromatic heterocycles. The highest BCUT2D eigenvalue weighted by atomic mass is 79.9. The molecule has 0 spiro atoms. The van der Waals surface area contributed by atoms with Crippen LogP contribution >= 0.6 is 15.9 Å². The number of rotatable bonds is 1. The molecule has 1 aromatic rings. The highest BCUT2D eigenvalue weighted by Crippen LogP contribution is 2.25. The number of halogens is 1. The number of carbonyl (C=O) groups excluding carboxylic acids is 1. The molecule has 0 heterocycles. The summed E-state index contributed by atoms with van der Waals surface area (Å²) in [6.45, 7) is 5.93. The van der Waals surface area contributed by atoms with Gasteiger partial charge in [0.25, 0.3) is 0 Å². The van der Waals surface area contributed by atoms with Crippen LogP contribution < -0.4 is 0 Å². The summed E-state index contributed by atoms with van der Waals surface area (Å²) in [5, 5.41) is 0. The summed E-state index contributed by atoms with van der Waals surface area (Å²) < 4.78 is 1.04. The molecule has 1 rings (SSSR count). The minimum atomic E-state index is 0.799. The van der Waals surface area contributed by atoms with E-state index in [-0.39, 0.29) is 0 Å². The van der Waals surface area contributed by atoms with Gasteiger partial charge in [-0.15, -0.1) is 0 Å². The van der Waals surface area contributed by atoms with E-state index in [0.29, 0.717) is 0 Å². The lowest BCUT2D eigenvalue weighted by Crippen LogP contribution is -1.94. The Morgan fingerprint density at radius 1 is 1.25 bits per heavy atom. The lowest BCUT2D eigenvalue weighted by atomic mass is 10.0. The van der Waals surface area contributed by atoms with Crippen molar-refractivity contribution in [3.63, 3.8) is 0 Å². The third-order valence-corrected chi connectivity index (χ3v) is 3.28. The molecule has 0 aliphatic carbocycles. The Morgan fingerprint density at radius 3 is 2.33 bits per heavy atom. The fraction of sp³-hybridized carbons (Fsp3) is 0.300. The summed E-state index contributed by atoms with van der Waals surface area (Å²) >= 11 is 3.45. The van der Waals surface area contributed by atoms with Gasteiger partial charge in [0.15, 0.2) is 6.29 Å². The molecule has 0 aliphatic rings. The van der Waals surface area contributed by atoms with Crippen LogP contribution in [0.15, 0.2) is 10.5 Å². The number of benzene rings is 1. The Kier molecular flexibility index (Phi) is 2.68. The molecule has 0 bridgehead atoms. The first-order valence-electron chi connectivity index (χ1n) is 3.79. The largest absolute Gasteiger partial charge is 0.298 e. The van der Waals surface area contributed by atoms with E-state index in [9.17, 15) is 4.79 Å². The Labute approximate surface area is 80.9 Å². The zero-order valence-corrected chi connectivity index (χ0v) is 9.03. The monoisotopic (exact) mass is 226 g/mol. The van der Waals surface area contributed by atoms with Crippen LogP contribution in [0, 0.1) is 20.8 Å². The average molecular weight is 227 g/mol. The van der Waals surface area contributed by atoms with Crippen LogP contribution in [0.2, 0.25) is 0 Å². The Balaban J connectivity index is 3.51. The lowest BCUT2D eigenvalue weighted by molar-refractivity contribution is 0.112. The van der Waals surface area contributed by atoms with E-state index in [1.54, 1.807) is 0 Å². The van der Waals surface area contributed by atoms with Crippen molar-refractivity contribution in [3.05, 3.63) is 32.8 Å². The molecule has 0 amide bonds. The van der Waals surface area contributed by atoms with Gasteiger partial charge in [-0.1, -0.05) is 22.0 Å². The minimum absolute atomic E-state index is 0.799. The van der Waals surface area contributed by atoms with Gasteiger partial charge in [0.2, 0.25) is 0 Å². The van der Waals surface area contributed by atoms with Gasteiger partial charge in [-0.2, -0.15) is 0 Å². The number of aryl methyl sites for hydroxylation is 2. The highest BCUT2D eigenvalue weighted by Gasteiger charge is 2.07. The van der Waals surface area contributed by atoms with Crippen LogP contribution in [-0.2, 0) is 0 Å². The fourth-order valence-corrected chi connectivity index (χ4v) is 1.68. The number of carbonyl (C=O) groups is 1. The number of aldehydes is 1. The van der Waals surface area contributed by atoms with E-state index in [4.69, 9.17) is 0 Å². The van der Waals surface area contributed by atoms with Crippen LogP contribution in [0.4, 0.5) is 0 Å². The van der Waals surface area contributed by atoms with Crippen LogP contribution in [0.25, 0.3) is 0 Å². The van der Waals surface area contributed by atoms with E-state index in [1.165, 1.54) is 5.56 Å². The first-order valence-corrected chi connectivity index (χ1v) is 4.58. The number of hydrogen-bond donors (Lipinski definition) is 0. The third-order valence-electron chi connectivity index (χ3n) is 2.06. The predicted molar refractivity (Wildman–Crippen MR) is 53.7 cm³/mol. The first-order chi connectivity index (χ1) is 5.57. The van der Waals surface area contributed by atoms with Crippen molar-refractivity contribution in [3.8, 4) is 0 Å². The standard InChI is InChI=1S/C10H11BrO/c1-6-4-7(2)10(11)8(3)9(6)5-12/h4-5H,1-3H3. The molecule has 1 aromatic carbocycles. The summed E-state index contributed by atoms with van der Waals surface area (Å²) in [5.41, 5.74) is 4.05. The SMILES string of the molecule is Cc1cc(C)c(C=O)c(C)c1Br. The highest BCUT2D eigenvalue weighted by molar-refractivity contribution is 9.10. The van der Waals surface area contributed by atoms with Gasteiger partial charge >= 0.3 is 0 Å². The molecule has 0 aliphatic heterocycles. The van der Waals surface area contributed by atoms with Crippen molar-refractivity contribution >= 4 is 22.2 Å². The minimum Gasteiger partial charge on any atom is -0.298 e. The Morgan fingerprint density at radius 2 is 1.83 bits per heavy atom. The van der Waals surface area contributed by atoms with Crippen molar-refractivity contribution in [1.82, 2.24) is 0 Å². The van der Waals surface area contributed by atoms with Crippen molar-refractivity contribution < 1.29 is 4.79 Å². The molecule has 0 N–H and O–H groups in total. The lowest BCUT2D eigenvalue weighted by Gasteiger charge is -2.08. The summed E-state index contributed by atoms with van der Waals surface area (Å²) in [4.78, 5) is 10.7. The molecule has 1 nitrogen and oxygen atoms in total. The Hall–Kier alpha value is -0.630. The zero-order chi connectivity index (χ0) is 9.30.